The number of fused-ring (bicyclic) bond motifs is 1. The normalized spacial score (nSPS) is 15.1. The topological polar surface area (TPSA) is 38.5 Å². The van der Waals surface area contributed by atoms with Gasteiger partial charge in [-0.2, -0.15) is 0 Å². The van der Waals surface area contributed by atoms with Gasteiger partial charge in [-0.1, -0.05) is 6.07 Å². The third-order valence-electron chi connectivity index (χ3n) is 3.13. The van der Waals surface area contributed by atoms with Crippen LogP contribution in [0.5, 0.6) is 5.75 Å². The third-order valence-corrected chi connectivity index (χ3v) is 3.13. The highest BCUT2D eigenvalue weighted by Gasteiger charge is 2.18. The third kappa shape index (κ3) is 2.54. The minimum Gasteiger partial charge on any atom is -0.497 e. The second-order valence-electron chi connectivity index (χ2n) is 4.34. The maximum Gasteiger partial charge on any atom is 0.119 e. The first-order valence-electron chi connectivity index (χ1n) is 5.91. The molecule has 16 heavy (non-hydrogen) atoms. The molecule has 1 aliphatic rings. The lowest BCUT2D eigenvalue weighted by atomic mass is 10.1. The number of unbranched alkanes of at least 4 members (excludes halogenated alkanes) is 1. The van der Waals surface area contributed by atoms with Crippen LogP contribution in [-0.2, 0) is 13.1 Å². The largest absolute Gasteiger partial charge is 0.497 e. The van der Waals surface area contributed by atoms with Crippen molar-refractivity contribution in [2.45, 2.75) is 25.9 Å². The van der Waals surface area contributed by atoms with E-state index in [1.165, 1.54) is 17.5 Å². The zero-order chi connectivity index (χ0) is 11.4. The zero-order valence-electron chi connectivity index (χ0n) is 9.91. The summed E-state index contributed by atoms with van der Waals surface area (Å²) < 4.78 is 5.24. The first-order valence-corrected chi connectivity index (χ1v) is 5.91. The van der Waals surface area contributed by atoms with Gasteiger partial charge in [0.2, 0.25) is 0 Å². The van der Waals surface area contributed by atoms with Crippen molar-refractivity contribution in [3.05, 3.63) is 29.3 Å². The minimum absolute atomic E-state index is 0.800. The molecule has 0 radical (unpaired) electrons. The summed E-state index contributed by atoms with van der Waals surface area (Å²) in [6.07, 6.45) is 2.32. The average molecular weight is 220 g/mol. The molecule has 88 valence electrons. The molecule has 0 spiro atoms. The van der Waals surface area contributed by atoms with Crippen LogP contribution in [0.4, 0.5) is 0 Å². The van der Waals surface area contributed by atoms with Gasteiger partial charge in [-0.05, 0) is 49.2 Å². The fourth-order valence-electron chi connectivity index (χ4n) is 2.21. The molecular weight excluding hydrogens is 200 g/mol. The second-order valence-corrected chi connectivity index (χ2v) is 4.34. The van der Waals surface area contributed by atoms with E-state index < -0.39 is 0 Å². The van der Waals surface area contributed by atoms with Crippen LogP contribution in [0.15, 0.2) is 18.2 Å². The van der Waals surface area contributed by atoms with E-state index in [0.717, 1.165) is 38.3 Å². The van der Waals surface area contributed by atoms with Gasteiger partial charge in [0.15, 0.2) is 0 Å². The van der Waals surface area contributed by atoms with E-state index in [2.05, 4.69) is 17.0 Å². The Kier molecular flexibility index (Phi) is 3.80. The molecule has 1 aromatic rings. The fraction of sp³-hybridized carbons (Fsp3) is 0.538. The van der Waals surface area contributed by atoms with Crippen LogP contribution >= 0.6 is 0 Å². The standard InChI is InChI=1S/C13H20N2O/c1-16-13-5-4-11-9-15(7-3-2-6-14)10-12(11)8-13/h4-5,8H,2-3,6-7,9-10,14H2,1H3. The van der Waals surface area contributed by atoms with Gasteiger partial charge in [0.25, 0.3) is 0 Å². The Labute approximate surface area is 97.2 Å². The molecule has 0 aliphatic carbocycles. The number of hydrogen-bond acceptors (Lipinski definition) is 3. The Morgan fingerprint density at radius 2 is 2.06 bits per heavy atom. The molecule has 3 nitrogen and oxygen atoms in total. The van der Waals surface area contributed by atoms with Gasteiger partial charge in [0.1, 0.15) is 5.75 Å². The first-order chi connectivity index (χ1) is 7.83. The van der Waals surface area contributed by atoms with Crippen molar-refractivity contribution >= 4 is 0 Å². The molecule has 0 fully saturated rings. The summed E-state index contributed by atoms with van der Waals surface area (Å²) in [5.74, 6) is 0.961. The molecule has 2 rings (SSSR count). The molecule has 1 heterocycles. The summed E-state index contributed by atoms with van der Waals surface area (Å²) in [7, 11) is 1.72. The first kappa shape index (κ1) is 11.4. The zero-order valence-corrected chi connectivity index (χ0v) is 9.91. The molecule has 1 aliphatic heterocycles. The van der Waals surface area contributed by atoms with Crippen LogP contribution in [0.2, 0.25) is 0 Å². The van der Waals surface area contributed by atoms with Crippen LogP contribution in [0, 0.1) is 0 Å². The molecule has 3 heteroatoms. The van der Waals surface area contributed by atoms with Crippen LogP contribution in [-0.4, -0.2) is 25.1 Å². The molecule has 2 N–H and O–H groups in total. The summed E-state index contributed by atoms with van der Waals surface area (Å²) in [5.41, 5.74) is 8.35. The van der Waals surface area contributed by atoms with Crippen molar-refractivity contribution in [2.75, 3.05) is 20.2 Å². The van der Waals surface area contributed by atoms with Crippen molar-refractivity contribution in [3.63, 3.8) is 0 Å². The molecule has 0 aromatic heterocycles. The Morgan fingerprint density at radius 1 is 1.25 bits per heavy atom. The maximum atomic E-state index is 5.50. The second kappa shape index (κ2) is 5.32. The van der Waals surface area contributed by atoms with Gasteiger partial charge in [0.05, 0.1) is 7.11 Å². The predicted molar refractivity (Wildman–Crippen MR) is 65.4 cm³/mol. The highest BCUT2D eigenvalue weighted by atomic mass is 16.5. The van der Waals surface area contributed by atoms with Crippen LogP contribution < -0.4 is 10.5 Å². The van der Waals surface area contributed by atoms with E-state index in [9.17, 15) is 0 Å². The number of nitrogens with zero attached hydrogens (tertiary/aromatic N) is 1. The van der Waals surface area contributed by atoms with Gasteiger partial charge >= 0.3 is 0 Å². The van der Waals surface area contributed by atoms with Crippen molar-refractivity contribution in [3.8, 4) is 5.75 Å². The molecule has 0 atom stereocenters. The number of ether oxygens (including phenoxy) is 1. The van der Waals surface area contributed by atoms with Crippen LogP contribution in [0.3, 0.4) is 0 Å². The SMILES string of the molecule is COc1ccc2c(c1)CN(CCCCN)C2. The van der Waals surface area contributed by atoms with E-state index in [-0.39, 0.29) is 0 Å². The molecular formula is C13H20N2O. The smallest absolute Gasteiger partial charge is 0.119 e. The van der Waals surface area contributed by atoms with Gasteiger partial charge < -0.3 is 10.5 Å². The summed E-state index contributed by atoms with van der Waals surface area (Å²) in [4.78, 5) is 2.47. The lowest BCUT2D eigenvalue weighted by molar-refractivity contribution is 0.278. The highest BCUT2D eigenvalue weighted by molar-refractivity contribution is 5.37. The van der Waals surface area contributed by atoms with Crippen molar-refractivity contribution in [1.29, 1.82) is 0 Å². The summed E-state index contributed by atoms with van der Waals surface area (Å²) in [6, 6.07) is 6.37. The molecule has 1 aromatic carbocycles. The lowest BCUT2D eigenvalue weighted by Gasteiger charge is -2.13. The van der Waals surface area contributed by atoms with E-state index in [4.69, 9.17) is 10.5 Å². The Hall–Kier alpha value is -1.06. The molecule has 0 bridgehead atoms. The van der Waals surface area contributed by atoms with Gasteiger partial charge in [-0.25, -0.2) is 0 Å². The highest BCUT2D eigenvalue weighted by Crippen LogP contribution is 2.26. The molecule has 0 unspecified atom stereocenters. The number of nitrogens with two attached hydrogens (primary N) is 1. The van der Waals surface area contributed by atoms with Crippen molar-refractivity contribution in [2.24, 2.45) is 5.73 Å². The van der Waals surface area contributed by atoms with E-state index >= 15 is 0 Å². The molecule has 0 saturated heterocycles. The van der Waals surface area contributed by atoms with Crippen molar-refractivity contribution < 1.29 is 4.74 Å². The summed E-state index contributed by atoms with van der Waals surface area (Å²) in [6.45, 7) is 4.07. The predicted octanol–water partition coefficient (Wildman–Crippen LogP) is 1.75. The van der Waals surface area contributed by atoms with Crippen LogP contribution in [0.25, 0.3) is 0 Å². The van der Waals surface area contributed by atoms with Gasteiger partial charge in [-0.15, -0.1) is 0 Å². The Bertz CT molecular complexity index is 352. The molecule has 0 amide bonds. The summed E-state index contributed by atoms with van der Waals surface area (Å²) >= 11 is 0. The van der Waals surface area contributed by atoms with Gasteiger partial charge in [0, 0.05) is 13.1 Å². The minimum atomic E-state index is 0.800. The van der Waals surface area contributed by atoms with Gasteiger partial charge in [-0.3, -0.25) is 4.90 Å². The summed E-state index contributed by atoms with van der Waals surface area (Å²) in [5, 5.41) is 0. The maximum absolute atomic E-state index is 5.50. The lowest BCUT2D eigenvalue weighted by Crippen LogP contribution is -2.18. The number of hydrogen-bond donors (Lipinski definition) is 1. The monoisotopic (exact) mass is 220 g/mol. The Balaban J connectivity index is 1.93. The van der Waals surface area contributed by atoms with E-state index in [1.54, 1.807) is 7.11 Å². The van der Waals surface area contributed by atoms with Crippen LogP contribution in [0.1, 0.15) is 24.0 Å². The number of rotatable bonds is 5. The molecule has 0 saturated carbocycles. The van der Waals surface area contributed by atoms with Crippen molar-refractivity contribution in [1.82, 2.24) is 4.90 Å². The quantitative estimate of drug-likeness (QED) is 0.768. The van der Waals surface area contributed by atoms with E-state index in [1.807, 2.05) is 6.07 Å². The Morgan fingerprint density at radius 3 is 2.81 bits per heavy atom. The van der Waals surface area contributed by atoms with E-state index in [0.29, 0.717) is 0 Å². The number of methoxy groups -OCH3 is 1. The fourth-order valence-corrected chi connectivity index (χ4v) is 2.21. The average Bonchev–Trinajstić information content (AvgIpc) is 2.70. The number of benzene rings is 1.